The number of ether oxygens (including phenoxy) is 3. The highest BCUT2D eigenvalue weighted by Gasteiger charge is 2.48. The maximum Gasteiger partial charge on any atom is 0.511 e. The molecule has 0 fully saturated rings. The monoisotopic (exact) mass is 338 g/mol. The van der Waals surface area contributed by atoms with E-state index in [0.29, 0.717) is 5.56 Å². The molecule has 1 aliphatic heterocycles. The molecule has 1 aromatic rings. The summed E-state index contributed by atoms with van der Waals surface area (Å²) in [7, 11) is 1.37. The molecule has 1 aromatic carbocycles. The summed E-state index contributed by atoms with van der Waals surface area (Å²) in [5, 5.41) is 8.80. The zero-order valence-corrected chi connectivity index (χ0v) is 11.9. The van der Waals surface area contributed by atoms with Gasteiger partial charge in [0.2, 0.25) is 0 Å². The van der Waals surface area contributed by atoms with Crippen LogP contribution in [-0.4, -0.2) is 30.7 Å². The van der Waals surface area contributed by atoms with Crippen LogP contribution in [0, 0.1) is 0 Å². The molecular formula is C13H10ClF3O5. The van der Waals surface area contributed by atoms with Crippen molar-refractivity contribution in [1.82, 2.24) is 0 Å². The highest BCUT2D eigenvalue weighted by molar-refractivity contribution is 6.30. The quantitative estimate of drug-likeness (QED) is 0.848. The van der Waals surface area contributed by atoms with Gasteiger partial charge < -0.3 is 19.3 Å². The van der Waals surface area contributed by atoms with Crippen molar-refractivity contribution in [3.05, 3.63) is 34.0 Å². The maximum absolute atomic E-state index is 13.0. The van der Waals surface area contributed by atoms with Crippen LogP contribution in [-0.2, 0) is 16.1 Å². The second-order valence-electron chi connectivity index (χ2n) is 4.37. The molecule has 22 heavy (non-hydrogen) atoms. The maximum atomic E-state index is 13.0. The number of alkyl halides is 3. The van der Waals surface area contributed by atoms with Gasteiger partial charge in [0.05, 0.1) is 6.61 Å². The van der Waals surface area contributed by atoms with Gasteiger partial charge in [-0.25, -0.2) is 4.79 Å². The largest absolute Gasteiger partial charge is 0.511 e. The van der Waals surface area contributed by atoms with Crippen molar-refractivity contribution in [2.24, 2.45) is 0 Å². The number of benzene rings is 1. The Morgan fingerprint density at radius 3 is 2.68 bits per heavy atom. The van der Waals surface area contributed by atoms with Gasteiger partial charge in [-0.15, -0.1) is 0 Å². The SMILES string of the molecule is COCc1cc(Cl)cc2c1OC(C(F)(F)F)C(OC(=O)O)=C2. The van der Waals surface area contributed by atoms with Crippen LogP contribution in [0.5, 0.6) is 5.75 Å². The average molecular weight is 339 g/mol. The molecule has 9 heteroatoms. The molecule has 0 bridgehead atoms. The number of rotatable bonds is 3. The molecule has 1 atom stereocenters. The Hall–Kier alpha value is -1.93. The first kappa shape index (κ1) is 16.4. The summed E-state index contributed by atoms with van der Waals surface area (Å²) in [4.78, 5) is 10.6. The van der Waals surface area contributed by atoms with E-state index >= 15 is 0 Å². The highest BCUT2D eigenvalue weighted by Crippen LogP contribution is 2.40. The third-order valence-electron chi connectivity index (χ3n) is 2.75. The molecule has 120 valence electrons. The summed E-state index contributed by atoms with van der Waals surface area (Å²) < 4.78 is 53.1. The average Bonchev–Trinajstić information content (AvgIpc) is 2.35. The van der Waals surface area contributed by atoms with Crippen LogP contribution in [0.3, 0.4) is 0 Å². The van der Waals surface area contributed by atoms with Gasteiger partial charge in [-0.1, -0.05) is 11.6 Å². The molecular weight excluding hydrogens is 329 g/mol. The van der Waals surface area contributed by atoms with E-state index in [2.05, 4.69) is 4.74 Å². The van der Waals surface area contributed by atoms with Crippen molar-refractivity contribution in [3.8, 4) is 5.75 Å². The minimum Gasteiger partial charge on any atom is -0.472 e. The first-order valence-electron chi connectivity index (χ1n) is 5.89. The van der Waals surface area contributed by atoms with E-state index in [0.717, 1.165) is 6.08 Å². The lowest BCUT2D eigenvalue weighted by atomic mass is 10.0. The summed E-state index contributed by atoms with van der Waals surface area (Å²) in [6.07, 6.45) is -8.29. The first-order valence-corrected chi connectivity index (χ1v) is 6.27. The molecule has 0 spiro atoms. The molecule has 1 aliphatic rings. The molecule has 0 amide bonds. The zero-order chi connectivity index (χ0) is 16.5. The molecule has 0 radical (unpaired) electrons. The number of carboxylic acid groups (broad SMARTS) is 1. The van der Waals surface area contributed by atoms with Crippen molar-refractivity contribution in [2.75, 3.05) is 7.11 Å². The van der Waals surface area contributed by atoms with Crippen LogP contribution >= 0.6 is 11.6 Å². The Labute approximate surface area is 127 Å². The summed E-state index contributed by atoms with van der Waals surface area (Å²) in [6.45, 7) is -0.0174. The molecule has 0 saturated carbocycles. The standard InChI is InChI=1S/C13H10ClF3O5/c1-20-5-7-3-8(14)2-6-4-9(21-12(18)19)11(13(15,16)17)22-10(6)7/h2-4,11H,5H2,1H3,(H,18,19). The van der Waals surface area contributed by atoms with E-state index in [4.69, 9.17) is 26.2 Å². The van der Waals surface area contributed by atoms with Crippen LogP contribution in [0.1, 0.15) is 11.1 Å². The predicted molar refractivity (Wildman–Crippen MR) is 69.7 cm³/mol. The molecule has 1 N–H and O–H groups in total. The first-order chi connectivity index (χ1) is 10.2. The van der Waals surface area contributed by atoms with Crippen LogP contribution in [0.25, 0.3) is 6.08 Å². The zero-order valence-electron chi connectivity index (χ0n) is 11.1. The third-order valence-corrected chi connectivity index (χ3v) is 2.97. The fourth-order valence-electron chi connectivity index (χ4n) is 2.00. The number of halogens is 4. The topological polar surface area (TPSA) is 65.0 Å². The van der Waals surface area contributed by atoms with Gasteiger partial charge in [0.1, 0.15) is 5.75 Å². The number of fused-ring (bicyclic) bond motifs is 1. The summed E-state index contributed by atoms with van der Waals surface area (Å²) in [5.41, 5.74) is 0.487. The van der Waals surface area contributed by atoms with Gasteiger partial charge in [-0.2, -0.15) is 13.2 Å². The predicted octanol–water partition coefficient (Wildman–Crippen LogP) is 3.85. The smallest absolute Gasteiger partial charge is 0.472 e. The van der Waals surface area contributed by atoms with Crippen LogP contribution in [0.2, 0.25) is 5.02 Å². The fraction of sp³-hybridized carbons (Fsp3) is 0.308. The van der Waals surface area contributed by atoms with E-state index in [1.54, 1.807) is 0 Å². The van der Waals surface area contributed by atoms with Crippen LogP contribution in [0.15, 0.2) is 17.9 Å². The second-order valence-corrected chi connectivity index (χ2v) is 4.81. The van der Waals surface area contributed by atoms with Crippen LogP contribution < -0.4 is 4.74 Å². The van der Waals surface area contributed by atoms with E-state index in [9.17, 15) is 18.0 Å². The van der Waals surface area contributed by atoms with Crippen molar-refractivity contribution in [2.45, 2.75) is 18.9 Å². The van der Waals surface area contributed by atoms with Crippen LogP contribution in [0.4, 0.5) is 18.0 Å². The number of hydrogen-bond donors (Lipinski definition) is 1. The minimum atomic E-state index is -4.84. The number of methoxy groups -OCH3 is 1. The second kappa shape index (κ2) is 6.05. The molecule has 0 aliphatic carbocycles. The van der Waals surface area contributed by atoms with Gasteiger partial charge in [0.15, 0.2) is 5.76 Å². The lowest BCUT2D eigenvalue weighted by molar-refractivity contribution is -0.192. The van der Waals surface area contributed by atoms with E-state index in [-0.39, 0.29) is 22.9 Å². The van der Waals surface area contributed by atoms with E-state index < -0.39 is 24.2 Å². The summed E-state index contributed by atoms with van der Waals surface area (Å²) in [5.74, 6) is -0.954. The molecule has 2 rings (SSSR count). The minimum absolute atomic E-state index is 0.0174. The Bertz CT molecular complexity index is 627. The molecule has 1 unspecified atom stereocenters. The van der Waals surface area contributed by atoms with Gasteiger partial charge in [0.25, 0.3) is 6.10 Å². The Morgan fingerprint density at radius 2 is 2.14 bits per heavy atom. The third kappa shape index (κ3) is 3.45. The fourth-order valence-corrected chi connectivity index (χ4v) is 2.25. The molecule has 0 saturated heterocycles. The normalized spacial score (nSPS) is 17.3. The Morgan fingerprint density at radius 1 is 1.45 bits per heavy atom. The molecule has 1 heterocycles. The lowest BCUT2D eigenvalue weighted by Crippen LogP contribution is -2.39. The summed E-state index contributed by atoms with van der Waals surface area (Å²) >= 11 is 5.88. The molecule has 0 aromatic heterocycles. The van der Waals surface area contributed by atoms with Crippen molar-refractivity contribution in [3.63, 3.8) is 0 Å². The number of hydrogen-bond acceptors (Lipinski definition) is 4. The Kier molecular flexibility index (Phi) is 4.52. The van der Waals surface area contributed by atoms with Gasteiger partial charge in [-0.05, 0) is 18.2 Å². The Balaban J connectivity index is 2.54. The van der Waals surface area contributed by atoms with Gasteiger partial charge >= 0.3 is 12.3 Å². The van der Waals surface area contributed by atoms with E-state index in [1.165, 1.54) is 19.2 Å². The van der Waals surface area contributed by atoms with Crippen molar-refractivity contribution < 1.29 is 37.3 Å². The molecule has 5 nitrogen and oxygen atoms in total. The highest BCUT2D eigenvalue weighted by atomic mass is 35.5. The van der Waals surface area contributed by atoms with Gasteiger partial charge in [-0.3, -0.25) is 0 Å². The van der Waals surface area contributed by atoms with E-state index in [1.807, 2.05) is 0 Å². The summed E-state index contributed by atoms with van der Waals surface area (Å²) in [6, 6.07) is 2.75. The number of carbonyl (C=O) groups is 1. The van der Waals surface area contributed by atoms with Crippen molar-refractivity contribution >= 4 is 23.8 Å². The lowest BCUT2D eigenvalue weighted by Gasteiger charge is -2.28. The van der Waals surface area contributed by atoms with Gasteiger partial charge in [0, 0.05) is 23.3 Å². The van der Waals surface area contributed by atoms with Crippen molar-refractivity contribution in [1.29, 1.82) is 0 Å².